The highest BCUT2D eigenvalue weighted by Crippen LogP contribution is 2.37. The summed E-state index contributed by atoms with van der Waals surface area (Å²) < 4.78 is 0.977. The molecule has 0 unspecified atom stereocenters. The highest BCUT2D eigenvalue weighted by molar-refractivity contribution is 9.10. The van der Waals surface area contributed by atoms with Crippen molar-refractivity contribution in [1.29, 1.82) is 0 Å². The molecule has 0 atom stereocenters. The van der Waals surface area contributed by atoms with Gasteiger partial charge in [-0.15, -0.1) is 0 Å². The number of halogens is 3. The van der Waals surface area contributed by atoms with Crippen LogP contribution >= 0.6 is 39.1 Å². The van der Waals surface area contributed by atoms with Crippen molar-refractivity contribution in [3.63, 3.8) is 0 Å². The van der Waals surface area contributed by atoms with Gasteiger partial charge in [-0.2, -0.15) is 0 Å². The van der Waals surface area contributed by atoms with Crippen LogP contribution in [0.1, 0.15) is 36.8 Å². The molecule has 1 amide bonds. The first kappa shape index (κ1) is 21.8. The molecule has 6 heteroatoms. The van der Waals surface area contributed by atoms with Crippen LogP contribution in [0.4, 0.5) is 0 Å². The maximum Gasteiger partial charge on any atom is 0.253 e. The largest absolute Gasteiger partial charge is 0.347 e. The molecular weight excluding hydrogens is 471 g/mol. The summed E-state index contributed by atoms with van der Waals surface area (Å²) in [7, 11) is 0. The second-order valence-corrected chi connectivity index (χ2v) is 9.61. The molecule has 2 aromatic carbocycles. The monoisotopic (exact) mass is 490 g/mol. The maximum atomic E-state index is 12.9. The van der Waals surface area contributed by atoms with E-state index in [1.165, 1.54) is 0 Å². The van der Waals surface area contributed by atoms with Crippen molar-refractivity contribution in [3.05, 3.63) is 74.3 Å². The number of carbonyl (C=O) groups is 1. The molecule has 0 aliphatic rings. The lowest BCUT2D eigenvalue weighted by molar-refractivity contribution is 0.0918. The number of amides is 1. The fraction of sp³-hybridized carbons (Fsp3) is 0.217. The summed E-state index contributed by atoms with van der Waals surface area (Å²) in [5, 5.41) is 4.06. The van der Waals surface area contributed by atoms with Crippen molar-refractivity contribution in [1.82, 2.24) is 10.3 Å². The van der Waals surface area contributed by atoms with Crippen LogP contribution < -0.4 is 5.32 Å². The number of nitrogens with zero attached hydrogens (tertiary/aromatic N) is 1. The molecule has 0 bridgehead atoms. The summed E-state index contributed by atoms with van der Waals surface area (Å²) in [6, 6.07) is 15.1. The van der Waals surface area contributed by atoms with Crippen LogP contribution in [0.15, 0.2) is 53.0 Å². The molecule has 3 nitrogen and oxygen atoms in total. The fourth-order valence-corrected chi connectivity index (χ4v) is 3.76. The van der Waals surface area contributed by atoms with E-state index in [1.807, 2.05) is 64.1 Å². The summed E-state index contributed by atoms with van der Waals surface area (Å²) in [6.45, 7) is 7.68. The Bertz CT molecular complexity index is 1070. The van der Waals surface area contributed by atoms with E-state index < -0.39 is 0 Å². The smallest absolute Gasteiger partial charge is 0.253 e. The van der Waals surface area contributed by atoms with Crippen LogP contribution in [0.25, 0.3) is 22.4 Å². The van der Waals surface area contributed by atoms with E-state index in [0.29, 0.717) is 21.3 Å². The number of rotatable bonds is 3. The first-order valence-electron chi connectivity index (χ1n) is 9.11. The van der Waals surface area contributed by atoms with Crippen molar-refractivity contribution < 1.29 is 4.79 Å². The second-order valence-electron chi connectivity index (χ2n) is 7.85. The number of hydrogen-bond acceptors (Lipinski definition) is 2. The first-order chi connectivity index (χ1) is 13.5. The zero-order valence-corrected chi connectivity index (χ0v) is 19.7. The molecule has 3 aromatic rings. The van der Waals surface area contributed by atoms with Crippen LogP contribution in [0.5, 0.6) is 0 Å². The van der Waals surface area contributed by atoms with Crippen LogP contribution in [-0.2, 0) is 0 Å². The molecule has 1 N–H and O–H groups in total. The summed E-state index contributed by atoms with van der Waals surface area (Å²) in [6.07, 6.45) is 0. The zero-order valence-electron chi connectivity index (χ0n) is 16.6. The molecular formula is C23H21BrCl2N2O. The quantitative estimate of drug-likeness (QED) is 0.416. The summed E-state index contributed by atoms with van der Waals surface area (Å²) >= 11 is 16.1. The molecule has 0 aliphatic heterocycles. The third-order valence-electron chi connectivity index (χ3n) is 4.29. The van der Waals surface area contributed by atoms with E-state index in [2.05, 4.69) is 21.2 Å². The van der Waals surface area contributed by atoms with Gasteiger partial charge in [-0.3, -0.25) is 9.78 Å². The highest BCUT2D eigenvalue weighted by Gasteiger charge is 2.21. The third kappa shape index (κ3) is 5.19. The number of aromatic nitrogens is 1. The number of pyridine rings is 1. The molecule has 0 spiro atoms. The standard InChI is InChI=1S/C23H21BrCl2N2O/c1-13-18(22(29)28-23(2,3)4)12-19(17-10-9-16(25)11-20(17)26)21(27-13)14-5-7-15(24)8-6-14/h5-12H,1-4H3,(H,28,29). The Hall–Kier alpha value is -1.88. The number of nitrogens with one attached hydrogen (secondary N) is 1. The average molecular weight is 492 g/mol. The second kappa shape index (κ2) is 8.47. The molecule has 29 heavy (non-hydrogen) atoms. The van der Waals surface area contributed by atoms with Crippen molar-refractivity contribution in [2.45, 2.75) is 33.2 Å². The number of hydrogen-bond donors (Lipinski definition) is 1. The minimum atomic E-state index is -0.355. The van der Waals surface area contributed by atoms with Crippen LogP contribution in [0, 0.1) is 6.92 Å². The van der Waals surface area contributed by atoms with Gasteiger partial charge in [0.25, 0.3) is 5.91 Å². The topological polar surface area (TPSA) is 42.0 Å². The first-order valence-corrected chi connectivity index (χ1v) is 10.7. The van der Waals surface area contributed by atoms with E-state index in [-0.39, 0.29) is 11.4 Å². The van der Waals surface area contributed by atoms with E-state index >= 15 is 0 Å². The van der Waals surface area contributed by atoms with Gasteiger partial charge in [0, 0.05) is 36.7 Å². The van der Waals surface area contributed by atoms with Gasteiger partial charge in [-0.25, -0.2) is 0 Å². The van der Waals surface area contributed by atoms with E-state index in [4.69, 9.17) is 28.2 Å². The molecule has 150 valence electrons. The molecule has 0 saturated heterocycles. The lowest BCUT2D eigenvalue weighted by Gasteiger charge is -2.22. The Morgan fingerprint density at radius 2 is 1.66 bits per heavy atom. The average Bonchev–Trinajstić information content (AvgIpc) is 2.61. The predicted molar refractivity (Wildman–Crippen MR) is 125 cm³/mol. The van der Waals surface area contributed by atoms with Gasteiger partial charge in [0.05, 0.1) is 17.0 Å². The number of benzene rings is 2. The Labute approximate surface area is 189 Å². The van der Waals surface area contributed by atoms with Gasteiger partial charge in [0.15, 0.2) is 0 Å². The van der Waals surface area contributed by atoms with Crippen LogP contribution in [0.3, 0.4) is 0 Å². The molecule has 1 heterocycles. The van der Waals surface area contributed by atoms with Gasteiger partial charge in [0.1, 0.15) is 0 Å². The Kier molecular flexibility index (Phi) is 6.37. The maximum absolute atomic E-state index is 12.9. The summed E-state index contributed by atoms with van der Waals surface area (Å²) in [4.78, 5) is 17.7. The zero-order chi connectivity index (χ0) is 21.3. The third-order valence-corrected chi connectivity index (χ3v) is 5.36. The fourth-order valence-electron chi connectivity index (χ4n) is 2.98. The van der Waals surface area contributed by atoms with Gasteiger partial charge < -0.3 is 5.32 Å². The van der Waals surface area contributed by atoms with Gasteiger partial charge in [0.2, 0.25) is 0 Å². The van der Waals surface area contributed by atoms with Crippen molar-refractivity contribution >= 4 is 45.0 Å². The summed E-state index contributed by atoms with van der Waals surface area (Å²) in [5.41, 5.74) is 4.04. The minimum absolute atomic E-state index is 0.170. The van der Waals surface area contributed by atoms with E-state index in [0.717, 1.165) is 26.9 Å². The molecule has 0 radical (unpaired) electrons. The Morgan fingerprint density at radius 3 is 2.24 bits per heavy atom. The van der Waals surface area contributed by atoms with E-state index in [1.54, 1.807) is 12.1 Å². The van der Waals surface area contributed by atoms with E-state index in [9.17, 15) is 4.79 Å². The Morgan fingerprint density at radius 1 is 1.00 bits per heavy atom. The van der Waals surface area contributed by atoms with Crippen molar-refractivity contribution in [3.8, 4) is 22.4 Å². The number of carbonyl (C=O) groups excluding carboxylic acids is 1. The Balaban J connectivity index is 2.24. The number of aryl methyl sites for hydroxylation is 1. The minimum Gasteiger partial charge on any atom is -0.347 e. The van der Waals surface area contributed by atoms with Gasteiger partial charge in [-0.1, -0.05) is 57.3 Å². The van der Waals surface area contributed by atoms with Crippen molar-refractivity contribution in [2.24, 2.45) is 0 Å². The van der Waals surface area contributed by atoms with Gasteiger partial charge in [-0.05, 0) is 58.0 Å². The molecule has 0 fully saturated rings. The SMILES string of the molecule is Cc1nc(-c2ccc(Br)cc2)c(-c2ccc(Cl)cc2Cl)cc1C(=O)NC(C)(C)C. The van der Waals surface area contributed by atoms with Gasteiger partial charge >= 0.3 is 0 Å². The van der Waals surface area contributed by atoms with Crippen molar-refractivity contribution in [2.75, 3.05) is 0 Å². The normalized spacial score (nSPS) is 11.4. The molecule has 3 rings (SSSR count). The lowest BCUT2D eigenvalue weighted by Crippen LogP contribution is -2.41. The van der Waals surface area contributed by atoms with Crippen LogP contribution in [0.2, 0.25) is 10.0 Å². The molecule has 0 aliphatic carbocycles. The molecule has 0 saturated carbocycles. The summed E-state index contributed by atoms with van der Waals surface area (Å²) in [5.74, 6) is -0.170. The molecule has 1 aromatic heterocycles. The predicted octanol–water partition coefficient (Wildman–Crippen LogP) is 7.32. The van der Waals surface area contributed by atoms with Crippen LogP contribution in [-0.4, -0.2) is 16.4 Å². The highest BCUT2D eigenvalue weighted by atomic mass is 79.9. The lowest BCUT2D eigenvalue weighted by atomic mass is 9.96.